The van der Waals surface area contributed by atoms with E-state index in [9.17, 15) is 22.4 Å². The van der Waals surface area contributed by atoms with Crippen LogP contribution in [0, 0.1) is 5.82 Å². The molecule has 0 spiro atoms. The van der Waals surface area contributed by atoms with Crippen molar-refractivity contribution < 1.29 is 31.9 Å². The van der Waals surface area contributed by atoms with Gasteiger partial charge in [0.2, 0.25) is 10.0 Å². The van der Waals surface area contributed by atoms with Crippen molar-refractivity contribution in [3.05, 3.63) is 59.7 Å². The Morgan fingerprint density at radius 3 is 2.42 bits per heavy atom. The smallest absolute Gasteiger partial charge is 0.356 e. The number of pyridine rings is 1. The second-order valence-electron chi connectivity index (χ2n) is 4.98. The number of ether oxygens (including phenoxy) is 2. The van der Waals surface area contributed by atoms with Crippen LogP contribution >= 0.6 is 0 Å². The van der Waals surface area contributed by atoms with Crippen LogP contribution in [0.4, 0.5) is 4.39 Å². The summed E-state index contributed by atoms with van der Waals surface area (Å²) in [6.07, 6.45) is 1.06. The molecule has 0 atom stereocenters. The minimum Gasteiger partial charge on any atom is -0.492 e. The van der Waals surface area contributed by atoms with Gasteiger partial charge in [0.15, 0.2) is 0 Å². The van der Waals surface area contributed by atoms with Gasteiger partial charge >= 0.3 is 5.97 Å². The van der Waals surface area contributed by atoms with E-state index in [0.717, 1.165) is 6.20 Å². The molecular weight excluding hydrogens is 367 g/mol. The monoisotopic (exact) mass is 382 g/mol. The molecule has 8 nitrogen and oxygen atoms in total. The number of rotatable bonds is 7. The van der Waals surface area contributed by atoms with E-state index in [4.69, 9.17) is 4.74 Å². The molecule has 0 saturated carbocycles. The zero-order chi connectivity index (χ0) is 19.2. The molecule has 0 radical (unpaired) electrons. The first-order valence-electron chi connectivity index (χ1n) is 7.28. The number of sulfonamides is 1. The van der Waals surface area contributed by atoms with Crippen LogP contribution in [0.3, 0.4) is 0 Å². The number of nitrogens with zero attached hydrogens (tertiary/aromatic N) is 1. The van der Waals surface area contributed by atoms with Gasteiger partial charge in [-0.15, -0.1) is 0 Å². The Morgan fingerprint density at radius 2 is 1.85 bits per heavy atom. The third-order valence-corrected chi connectivity index (χ3v) is 4.30. The van der Waals surface area contributed by atoms with E-state index in [1.54, 1.807) is 0 Å². The summed E-state index contributed by atoms with van der Waals surface area (Å²) in [7, 11) is -2.77. The van der Waals surface area contributed by atoms with Crippen molar-refractivity contribution in [2.45, 2.75) is 0 Å². The van der Waals surface area contributed by atoms with Gasteiger partial charge in [-0.05, 0) is 36.4 Å². The summed E-state index contributed by atoms with van der Waals surface area (Å²) in [4.78, 5) is 26.9. The van der Waals surface area contributed by atoms with Gasteiger partial charge < -0.3 is 9.47 Å². The van der Waals surface area contributed by atoms with E-state index < -0.39 is 33.5 Å². The number of benzene rings is 1. The van der Waals surface area contributed by atoms with E-state index in [2.05, 4.69) is 9.72 Å². The highest BCUT2D eigenvalue weighted by Crippen LogP contribution is 2.11. The number of amides is 1. The van der Waals surface area contributed by atoms with Crippen LogP contribution < -0.4 is 9.46 Å². The van der Waals surface area contributed by atoms with Crippen molar-refractivity contribution in [2.24, 2.45) is 0 Å². The zero-order valence-electron chi connectivity index (χ0n) is 13.6. The predicted octanol–water partition coefficient (Wildman–Crippen LogP) is 1.15. The van der Waals surface area contributed by atoms with Crippen LogP contribution in [0.15, 0.2) is 42.6 Å². The fourth-order valence-corrected chi connectivity index (χ4v) is 2.61. The molecule has 0 aliphatic rings. The number of nitrogens with one attached hydrogen (secondary N) is 1. The predicted molar refractivity (Wildman–Crippen MR) is 88.7 cm³/mol. The van der Waals surface area contributed by atoms with Crippen LogP contribution in [-0.2, 0) is 14.8 Å². The molecule has 10 heteroatoms. The number of hydrogen-bond donors (Lipinski definition) is 1. The minimum atomic E-state index is -3.96. The Labute approximate surface area is 149 Å². The molecular formula is C16H15FN2O6S. The largest absolute Gasteiger partial charge is 0.492 e. The number of aromatic nitrogens is 1. The summed E-state index contributed by atoms with van der Waals surface area (Å²) in [5.41, 5.74) is -0.0553. The first kappa shape index (κ1) is 19.3. The van der Waals surface area contributed by atoms with Gasteiger partial charge in [-0.3, -0.25) is 4.79 Å². The summed E-state index contributed by atoms with van der Waals surface area (Å²) in [5.74, 6) is -2.19. The lowest BCUT2D eigenvalue weighted by molar-refractivity contribution is 0.0593. The normalized spacial score (nSPS) is 10.8. The Balaban J connectivity index is 1.90. The number of carbonyl (C=O) groups excluding carboxylic acids is 2. The molecule has 138 valence electrons. The van der Waals surface area contributed by atoms with Gasteiger partial charge in [0.05, 0.1) is 12.7 Å². The molecule has 0 unspecified atom stereocenters. The SMILES string of the molecule is COC(=O)c1ccc(C(=O)NS(=O)(=O)CCOc2ccc(F)cc2)cn1. The lowest BCUT2D eigenvalue weighted by Gasteiger charge is -2.08. The molecule has 1 N–H and O–H groups in total. The molecule has 0 aliphatic carbocycles. The standard InChI is InChI=1S/C16H15FN2O6S/c1-24-16(21)14-7-2-11(10-18-14)15(20)19-26(22,23)9-8-25-13-5-3-12(17)4-6-13/h2-7,10H,8-9H2,1H3,(H,19,20). The summed E-state index contributed by atoms with van der Waals surface area (Å²) in [5, 5.41) is 0. The van der Waals surface area contributed by atoms with Crippen molar-refractivity contribution >= 4 is 21.9 Å². The van der Waals surface area contributed by atoms with Crippen molar-refractivity contribution in [2.75, 3.05) is 19.5 Å². The highest BCUT2D eigenvalue weighted by molar-refractivity contribution is 7.90. The Kier molecular flexibility index (Phi) is 6.23. The fraction of sp³-hybridized carbons (Fsp3) is 0.188. The number of halogens is 1. The molecule has 1 aromatic heterocycles. The van der Waals surface area contributed by atoms with Gasteiger partial charge in [0.25, 0.3) is 5.91 Å². The van der Waals surface area contributed by atoms with Crippen molar-refractivity contribution in [1.82, 2.24) is 9.71 Å². The average molecular weight is 382 g/mol. The van der Waals surface area contributed by atoms with Crippen LogP contribution in [0.5, 0.6) is 5.75 Å². The maximum atomic E-state index is 12.8. The Morgan fingerprint density at radius 1 is 1.15 bits per heavy atom. The number of methoxy groups -OCH3 is 1. The summed E-state index contributed by atoms with van der Waals surface area (Å²) in [6.45, 7) is -0.228. The highest BCUT2D eigenvalue weighted by atomic mass is 32.2. The van der Waals surface area contributed by atoms with Crippen molar-refractivity contribution in [3.63, 3.8) is 0 Å². The number of carbonyl (C=O) groups is 2. The minimum absolute atomic E-state index is 0.0143. The zero-order valence-corrected chi connectivity index (χ0v) is 14.5. The summed E-state index contributed by atoms with van der Waals surface area (Å²) < 4.78 is 48.1. The van der Waals surface area contributed by atoms with E-state index in [1.165, 1.54) is 43.5 Å². The summed E-state index contributed by atoms with van der Waals surface area (Å²) >= 11 is 0. The number of hydrogen-bond acceptors (Lipinski definition) is 7. The molecule has 0 bridgehead atoms. The maximum Gasteiger partial charge on any atom is 0.356 e. The van der Waals surface area contributed by atoms with Gasteiger partial charge in [-0.2, -0.15) is 0 Å². The second kappa shape index (κ2) is 8.39. The van der Waals surface area contributed by atoms with E-state index in [0.29, 0.717) is 5.75 Å². The topological polar surface area (TPSA) is 112 Å². The van der Waals surface area contributed by atoms with Crippen LogP contribution in [0.1, 0.15) is 20.8 Å². The lowest BCUT2D eigenvalue weighted by Crippen LogP contribution is -2.34. The van der Waals surface area contributed by atoms with Crippen LogP contribution in [0.2, 0.25) is 0 Å². The maximum absolute atomic E-state index is 12.8. The lowest BCUT2D eigenvalue weighted by atomic mass is 10.2. The highest BCUT2D eigenvalue weighted by Gasteiger charge is 2.17. The Bertz CT molecular complexity index is 882. The second-order valence-corrected chi connectivity index (χ2v) is 6.82. The molecule has 1 amide bonds. The third kappa shape index (κ3) is 5.52. The third-order valence-electron chi connectivity index (χ3n) is 3.10. The molecule has 2 aromatic rings. The fourth-order valence-electron chi connectivity index (χ4n) is 1.80. The molecule has 0 saturated heterocycles. The van der Waals surface area contributed by atoms with E-state index in [1.807, 2.05) is 4.72 Å². The van der Waals surface area contributed by atoms with Crippen molar-refractivity contribution in [3.8, 4) is 5.75 Å². The van der Waals surface area contributed by atoms with Gasteiger partial charge in [-0.25, -0.2) is 27.3 Å². The van der Waals surface area contributed by atoms with Gasteiger partial charge in [0.1, 0.15) is 29.6 Å². The van der Waals surface area contributed by atoms with E-state index >= 15 is 0 Å². The molecule has 0 fully saturated rings. The van der Waals surface area contributed by atoms with Gasteiger partial charge in [0, 0.05) is 6.20 Å². The molecule has 1 heterocycles. The molecule has 26 heavy (non-hydrogen) atoms. The quantitative estimate of drug-likeness (QED) is 0.715. The van der Waals surface area contributed by atoms with E-state index in [-0.39, 0.29) is 17.9 Å². The summed E-state index contributed by atoms with van der Waals surface area (Å²) in [6, 6.07) is 7.56. The van der Waals surface area contributed by atoms with Crippen LogP contribution in [0.25, 0.3) is 0 Å². The first-order valence-corrected chi connectivity index (χ1v) is 8.93. The van der Waals surface area contributed by atoms with Crippen LogP contribution in [-0.4, -0.2) is 44.7 Å². The Hall–Kier alpha value is -3.01. The molecule has 1 aromatic carbocycles. The molecule has 2 rings (SSSR count). The average Bonchev–Trinajstić information content (AvgIpc) is 2.62. The number of esters is 1. The van der Waals surface area contributed by atoms with Crippen molar-refractivity contribution in [1.29, 1.82) is 0 Å². The van der Waals surface area contributed by atoms with Gasteiger partial charge in [-0.1, -0.05) is 0 Å². The molecule has 0 aliphatic heterocycles. The first-order chi connectivity index (χ1) is 12.3.